The summed E-state index contributed by atoms with van der Waals surface area (Å²) in [7, 11) is 0. The van der Waals surface area contributed by atoms with Crippen LogP contribution in [0.4, 0.5) is 9.18 Å². The minimum absolute atomic E-state index is 0.0263. The number of aromatic carboxylic acids is 1. The first-order valence-electron chi connectivity index (χ1n) is 8.94. The van der Waals surface area contributed by atoms with Crippen molar-refractivity contribution in [3.63, 3.8) is 0 Å². The van der Waals surface area contributed by atoms with Gasteiger partial charge in [-0.3, -0.25) is 0 Å². The van der Waals surface area contributed by atoms with Gasteiger partial charge in [-0.25, -0.2) is 23.5 Å². The molecule has 152 valence electrons. The molecule has 0 spiro atoms. The number of hydrogen-bond donors (Lipinski definition) is 2. The maximum atomic E-state index is 15.2. The van der Waals surface area contributed by atoms with E-state index >= 15 is 4.39 Å². The second kappa shape index (κ2) is 7.50. The average molecular weight is 400 g/mol. The van der Waals surface area contributed by atoms with E-state index in [0.29, 0.717) is 5.52 Å². The van der Waals surface area contributed by atoms with Gasteiger partial charge in [-0.15, -0.1) is 5.10 Å². The highest BCUT2D eigenvalue weighted by molar-refractivity contribution is 5.93. The van der Waals surface area contributed by atoms with Gasteiger partial charge in [0, 0.05) is 11.8 Å². The fourth-order valence-corrected chi connectivity index (χ4v) is 2.83. The van der Waals surface area contributed by atoms with Crippen LogP contribution in [0.2, 0.25) is 0 Å². The highest BCUT2D eigenvalue weighted by atomic mass is 19.1. The molecule has 0 aliphatic rings. The Morgan fingerprint density at radius 1 is 1.24 bits per heavy atom. The lowest BCUT2D eigenvalue weighted by Gasteiger charge is -2.22. The topological polar surface area (TPSA) is 106 Å². The largest absolute Gasteiger partial charge is 0.476 e. The molecule has 1 aromatic carbocycles. The minimum atomic E-state index is -1.24. The van der Waals surface area contributed by atoms with Crippen LogP contribution in [0.15, 0.2) is 36.5 Å². The summed E-state index contributed by atoms with van der Waals surface area (Å²) >= 11 is 0. The van der Waals surface area contributed by atoms with E-state index in [1.807, 2.05) is 0 Å². The maximum Gasteiger partial charge on any atom is 0.408 e. The molecule has 0 fully saturated rings. The Hall–Kier alpha value is -3.49. The van der Waals surface area contributed by atoms with E-state index in [1.54, 1.807) is 52.1 Å². The number of aromatic nitrogens is 3. The van der Waals surface area contributed by atoms with Gasteiger partial charge in [0.2, 0.25) is 0 Å². The molecule has 0 radical (unpaired) electrons. The summed E-state index contributed by atoms with van der Waals surface area (Å²) in [4.78, 5) is 27.6. The zero-order valence-corrected chi connectivity index (χ0v) is 16.4. The molecule has 9 heteroatoms. The summed E-state index contributed by atoms with van der Waals surface area (Å²) < 4.78 is 21.8. The number of hydrogen-bond acceptors (Lipinski definition) is 5. The number of carboxylic acid groups (broad SMARTS) is 1. The third-order valence-corrected chi connectivity index (χ3v) is 4.06. The van der Waals surface area contributed by atoms with Gasteiger partial charge in [-0.2, -0.15) is 0 Å². The summed E-state index contributed by atoms with van der Waals surface area (Å²) in [6.07, 6.45) is 0.884. The predicted molar refractivity (Wildman–Crippen MR) is 103 cm³/mol. The first-order chi connectivity index (χ1) is 13.6. The van der Waals surface area contributed by atoms with Crippen molar-refractivity contribution in [1.82, 2.24) is 19.9 Å². The highest BCUT2D eigenvalue weighted by Gasteiger charge is 2.23. The van der Waals surface area contributed by atoms with E-state index in [1.165, 1.54) is 16.6 Å². The molecule has 2 aromatic heterocycles. The van der Waals surface area contributed by atoms with Crippen LogP contribution in [-0.4, -0.2) is 37.4 Å². The smallest absolute Gasteiger partial charge is 0.408 e. The van der Waals surface area contributed by atoms with Gasteiger partial charge in [0.15, 0.2) is 11.5 Å². The molecule has 1 unspecified atom stereocenters. The summed E-state index contributed by atoms with van der Waals surface area (Å²) in [5.74, 6) is -1.97. The molecule has 1 amide bonds. The lowest BCUT2D eigenvalue weighted by molar-refractivity contribution is 0.0506. The van der Waals surface area contributed by atoms with Crippen LogP contribution < -0.4 is 5.32 Å². The predicted octanol–water partition coefficient (Wildman–Crippen LogP) is 3.82. The second-order valence-corrected chi connectivity index (χ2v) is 7.50. The zero-order chi connectivity index (χ0) is 21.3. The number of carbonyl (C=O) groups excluding carboxylic acids is 1. The average Bonchev–Trinajstić information content (AvgIpc) is 3.07. The lowest BCUT2D eigenvalue weighted by atomic mass is 10.0. The van der Waals surface area contributed by atoms with Crippen molar-refractivity contribution in [3.8, 4) is 11.4 Å². The maximum absolute atomic E-state index is 15.2. The first kappa shape index (κ1) is 20.2. The first-order valence-corrected chi connectivity index (χ1v) is 8.94. The van der Waals surface area contributed by atoms with Gasteiger partial charge in [-0.1, -0.05) is 12.1 Å². The van der Waals surface area contributed by atoms with Crippen molar-refractivity contribution >= 4 is 17.6 Å². The number of alkyl carbamates (subject to hydrolysis) is 1. The van der Waals surface area contributed by atoms with Gasteiger partial charge >= 0.3 is 12.1 Å². The molecule has 29 heavy (non-hydrogen) atoms. The number of amides is 1. The van der Waals surface area contributed by atoms with Crippen LogP contribution in [0.25, 0.3) is 16.9 Å². The Morgan fingerprint density at radius 3 is 2.62 bits per heavy atom. The summed E-state index contributed by atoms with van der Waals surface area (Å²) in [5.41, 5.74) is -0.389. The molecular weight excluding hydrogens is 379 g/mol. The van der Waals surface area contributed by atoms with E-state index < -0.39 is 29.5 Å². The number of rotatable bonds is 4. The molecule has 0 aliphatic carbocycles. The number of ether oxygens (including phenoxy) is 1. The summed E-state index contributed by atoms with van der Waals surface area (Å²) in [6.45, 7) is 6.80. The van der Waals surface area contributed by atoms with Crippen molar-refractivity contribution in [1.29, 1.82) is 0 Å². The molecule has 0 saturated carbocycles. The van der Waals surface area contributed by atoms with Crippen LogP contribution in [0.1, 0.15) is 49.8 Å². The normalized spacial score (nSPS) is 12.6. The van der Waals surface area contributed by atoms with Crippen LogP contribution in [0.5, 0.6) is 0 Å². The Morgan fingerprint density at radius 2 is 1.97 bits per heavy atom. The fraction of sp³-hybridized carbons (Fsp3) is 0.300. The Labute approximate surface area is 166 Å². The van der Waals surface area contributed by atoms with Crippen molar-refractivity contribution in [2.45, 2.75) is 39.3 Å². The molecule has 2 heterocycles. The Balaban J connectivity index is 1.98. The molecule has 8 nitrogen and oxygen atoms in total. The quantitative estimate of drug-likeness (QED) is 0.690. The fourth-order valence-electron chi connectivity index (χ4n) is 2.83. The summed E-state index contributed by atoms with van der Waals surface area (Å²) in [5, 5.41) is 16.2. The van der Waals surface area contributed by atoms with Crippen molar-refractivity contribution < 1.29 is 23.8 Å². The lowest BCUT2D eigenvalue weighted by Crippen LogP contribution is -2.34. The zero-order valence-electron chi connectivity index (χ0n) is 16.4. The summed E-state index contributed by atoms with van der Waals surface area (Å²) in [6, 6.07) is 7.05. The monoisotopic (exact) mass is 400 g/mol. The third kappa shape index (κ3) is 4.34. The third-order valence-electron chi connectivity index (χ3n) is 4.06. The van der Waals surface area contributed by atoms with Crippen LogP contribution >= 0.6 is 0 Å². The van der Waals surface area contributed by atoms with Crippen molar-refractivity contribution in [3.05, 3.63) is 53.6 Å². The van der Waals surface area contributed by atoms with E-state index in [-0.39, 0.29) is 22.6 Å². The van der Waals surface area contributed by atoms with Gasteiger partial charge in [0.05, 0.1) is 17.1 Å². The molecule has 3 rings (SSSR count). The minimum Gasteiger partial charge on any atom is -0.476 e. The standard InChI is InChI=1S/C20H21FN4O4/c1-11(22-19(28)29-20(2,3)4)12-7-5-8-13(15(12)21)17-23-16(18(26)27)14-9-6-10-25(14)24-17/h5-11H,1-4H3,(H,22,28)(H,26,27). The van der Waals surface area contributed by atoms with Gasteiger partial charge in [0.25, 0.3) is 0 Å². The van der Waals surface area contributed by atoms with Gasteiger partial charge < -0.3 is 15.2 Å². The number of benzene rings is 1. The van der Waals surface area contributed by atoms with Crippen LogP contribution in [0.3, 0.4) is 0 Å². The number of nitrogens with zero attached hydrogens (tertiary/aromatic N) is 3. The number of fused-ring (bicyclic) bond motifs is 1. The molecule has 2 N–H and O–H groups in total. The number of halogens is 1. The van der Waals surface area contributed by atoms with Crippen molar-refractivity contribution in [2.75, 3.05) is 0 Å². The van der Waals surface area contributed by atoms with E-state index in [9.17, 15) is 14.7 Å². The SMILES string of the molecule is CC(NC(=O)OC(C)(C)C)c1cccc(-c2nc(C(=O)O)c3cccn3n2)c1F. The molecule has 3 aromatic rings. The van der Waals surface area contributed by atoms with E-state index in [4.69, 9.17) is 4.74 Å². The van der Waals surface area contributed by atoms with E-state index in [0.717, 1.165) is 0 Å². The molecule has 0 aliphatic heterocycles. The van der Waals surface area contributed by atoms with Crippen LogP contribution in [-0.2, 0) is 4.74 Å². The second-order valence-electron chi connectivity index (χ2n) is 7.50. The Bertz CT molecular complexity index is 1090. The Kier molecular flexibility index (Phi) is 5.23. The van der Waals surface area contributed by atoms with Gasteiger partial charge in [0.1, 0.15) is 11.4 Å². The van der Waals surface area contributed by atoms with Gasteiger partial charge in [-0.05, 0) is 45.9 Å². The number of carboxylic acids is 1. The van der Waals surface area contributed by atoms with Crippen molar-refractivity contribution in [2.24, 2.45) is 0 Å². The highest BCUT2D eigenvalue weighted by Crippen LogP contribution is 2.27. The van der Waals surface area contributed by atoms with E-state index in [2.05, 4.69) is 15.4 Å². The molecule has 0 bridgehead atoms. The molecular formula is C20H21FN4O4. The number of carbonyl (C=O) groups is 2. The number of nitrogens with one attached hydrogen (secondary N) is 1. The molecule has 0 saturated heterocycles. The molecule has 1 atom stereocenters. The van der Waals surface area contributed by atoms with Crippen LogP contribution in [0, 0.1) is 5.82 Å².